The Balaban J connectivity index is 1.78. The molecule has 0 unspecified atom stereocenters. The molecule has 92 valence electrons. The summed E-state index contributed by atoms with van der Waals surface area (Å²) in [5.74, 6) is -2.36. The van der Waals surface area contributed by atoms with E-state index in [0.29, 0.717) is 0 Å². The Hall–Kier alpha value is -1.72. The molecule has 0 bridgehead atoms. The highest BCUT2D eigenvalue weighted by Gasteiger charge is 2.48. The van der Waals surface area contributed by atoms with Crippen LogP contribution in [0.1, 0.15) is 12.8 Å². The van der Waals surface area contributed by atoms with Gasteiger partial charge in [-0.3, -0.25) is 19.7 Å². The smallest absolute Gasteiger partial charge is 0.246 e. The Morgan fingerprint density at radius 2 is 2.00 bits per heavy atom. The fourth-order valence-corrected chi connectivity index (χ4v) is 1.75. The minimum atomic E-state index is -2.46. The molecule has 17 heavy (non-hydrogen) atoms. The van der Waals surface area contributed by atoms with Gasteiger partial charge in [-0.15, -0.1) is 0 Å². The first kappa shape index (κ1) is 11.8. The molecule has 4 nitrogen and oxygen atoms in total. The third-order valence-electron chi connectivity index (χ3n) is 2.77. The van der Waals surface area contributed by atoms with Crippen molar-refractivity contribution in [3.63, 3.8) is 0 Å². The van der Waals surface area contributed by atoms with Crippen molar-refractivity contribution in [2.75, 3.05) is 5.43 Å². The van der Waals surface area contributed by atoms with Crippen LogP contribution in [0.5, 0.6) is 0 Å². The molecule has 0 aliphatic heterocycles. The Bertz CT molecular complexity index is 417. The summed E-state index contributed by atoms with van der Waals surface area (Å²) in [4.78, 5) is 22.8. The average Bonchev–Trinajstić information content (AvgIpc) is 2.92. The number of rotatable bonds is 5. The normalized spacial score (nSPS) is 22.5. The molecule has 1 heterocycles. The monoisotopic (exact) mass is 242 g/mol. The van der Waals surface area contributed by atoms with Gasteiger partial charge in [0.05, 0.1) is 6.42 Å². The van der Waals surface area contributed by atoms with Gasteiger partial charge in [-0.25, -0.2) is 8.78 Å². The van der Waals surface area contributed by atoms with Gasteiger partial charge in [0.15, 0.2) is 0 Å². The van der Waals surface area contributed by atoms with E-state index in [0.717, 1.165) is 0 Å². The van der Waals surface area contributed by atoms with Gasteiger partial charge in [-0.1, -0.05) is 0 Å². The van der Waals surface area contributed by atoms with E-state index < -0.39 is 30.0 Å². The standard InChI is InChI=1S/C11H12F2N2O2/c12-11(13)8-5-7(8)9(16)6-10(17)14-15-3-1-2-4-15/h1-4,7-8,11H,5-6H2,(H,14,17)/t7-,8-/m0/s1. The number of nitrogens with zero attached hydrogens (tertiary/aromatic N) is 1. The SMILES string of the molecule is O=C(CC(=O)[C@H]1C[C@@H]1C(F)F)Nn1cccc1. The van der Waals surface area contributed by atoms with Crippen LogP contribution in [0.2, 0.25) is 0 Å². The number of carbonyl (C=O) groups excluding carboxylic acids is 2. The van der Waals surface area contributed by atoms with E-state index in [4.69, 9.17) is 0 Å². The lowest BCUT2D eigenvalue weighted by molar-refractivity contribution is -0.127. The maximum atomic E-state index is 12.2. The zero-order valence-electron chi connectivity index (χ0n) is 8.98. The molecular weight excluding hydrogens is 230 g/mol. The maximum Gasteiger partial charge on any atom is 0.246 e. The third-order valence-corrected chi connectivity index (χ3v) is 2.77. The minimum Gasteiger partial charge on any atom is -0.299 e. The molecule has 1 amide bonds. The van der Waals surface area contributed by atoms with Crippen molar-refractivity contribution in [1.29, 1.82) is 0 Å². The number of ketones is 1. The number of aromatic nitrogens is 1. The molecular formula is C11H12F2N2O2. The number of amides is 1. The quantitative estimate of drug-likeness (QED) is 0.794. The molecule has 0 spiro atoms. The van der Waals surface area contributed by atoms with Crippen LogP contribution < -0.4 is 5.43 Å². The van der Waals surface area contributed by atoms with Gasteiger partial charge in [0.25, 0.3) is 0 Å². The molecule has 1 aliphatic carbocycles. The summed E-state index contributed by atoms with van der Waals surface area (Å²) in [6.45, 7) is 0. The molecule has 1 saturated carbocycles. The summed E-state index contributed by atoms with van der Waals surface area (Å²) in [6, 6.07) is 3.44. The van der Waals surface area contributed by atoms with Crippen LogP contribution >= 0.6 is 0 Å². The number of nitrogens with one attached hydrogen (secondary N) is 1. The highest BCUT2D eigenvalue weighted by atomic mass is 19.3. The van der Waals surface area contributed by atoms with E-state index in [-0.39, 0.29) is 12.8 Å². The molecule has 1 fully saturated rings. The lowest BCUT2D eigenvalue weighted by atomic mass is 10.1. The molecule has 1 aromatic rings. The van der Waals surface area contributed by atoms with E-state index in [1.54, 1.807) is 24.5 Å². The highest BCUT2D eigenvalue weighted by molar-refractivity contribution is 6.03. The van der Waals surface area contributed by atoms with Crippen LogP contribution in [0.15, 0.2) is 24.5 Å². The summed E-state index contributed by atoms with van der Waals surface area (Å²) in [5.41, 5.74) is 2.45. The van der Waals surface area contributed by atoms with Crippen LogP contribution in [0.4, 0.5) is 8.78 Å². The van der Waals surface area contributed by atoms with E-state index in [9.17, 15) is 18.4 Å². The van der Waals surface area contributed by atoms with Crippen molar-refractivity contribution < 1.29 is 18.4 Å². The lowest BCUT2D eigenvalue weighted by Gasteiger charge is -2.05. The van der Waals surface area contributed by atoms with Gasteiger partial charge in [-0.05, 0) is 18.6 Å². The summed E-state index contributed by atoms with van der Waals surface area (Å²) in [6.07, 6.45) is 0.624. The van der Waals surface area contributed by atoms with E-state index in [1.807, 2.05) is 0 Å². The maximum absolute atomic E-state index is 12.2. The molecule has 0 saturated heterocycles. The van der Waals surface area contributed by atoms with Crippen molar-refractivity contribution >= 4 is 11.7 Å². The first-order valence-corrected chi connectivity index (χ1v) is 5.31. The number of carbonyl (C=O) groups is 2. The molecule has 0 radical (unpaired) electrons. The third kappa shape index (κ3) is 2.89. The summed E-state index contributed by atoms with van der Waals surface area (Å²) < 4.78 is 25.8. The van der Waals surface area contributed by atoms with Crippen LogP contribution in [0.25, 0.3) is 0 Å². The fourth-order valence-electron chi connectivity index (χ4n) is 1.75. The van der Waals surface area contributed by atoms with Gasteiger partial charge >= 0.3 is 0 Å². The first-order chi connectivity index (χ1) is 8.08. The molecule has 1 aliphatic rings. The molecule has 2 rings (SSSR count). The van der Waals surface area contributed by atoms with Crippen molar-refractivity contribution in [3.05, 3.63) is 24.5 Å². The number of hydrogen-bond acceptors (Lipinski definition) is 2. The van der Waals surface area contributed by atoms with Crippen LogP contribution in [-0.4, -0.2) is 22.8 Å². The van der Waals surface area contributed by atoms with Gasteiger partial charge in [-0.2, -0.15) is 0 Å². The van der Waals surface area contributed by atoms with Crippen molar-refractivity contribution in [3.8, 4) is 0 Å². The topological polar surface area (TPSA) is 51.1 Å². The summed E-state index contributed by atoms with van der Waals surface area (Å²) in [7, 11) is 0. The van der Waals surface area contributed by atoms with Crippen LogP contribution in [-0.2, 0) is 9.59 Å². The first-order valence-electron chi connectivity index (χ1n) is 5.31. The second-order valence-electron chi connectivity index (χ2n) is 4.11. The average molecular weight is 242 g/mol. The van der Waals surface area contributed by atoms with Crippen LogP contribution in [0, 0.1) is 11.8 Å². The number of alkyl halides is 2. The molecule has 2 atom stereocenters. The van der Waals surface area contributed by atoms with E-state index in [2.05, 4.69) is 5.43 Å². The van der Waals surface area contributed by atoms with Gasteiger partial charge < -0.3 is 0 Å². The highest BCUT2D eigenvalue weighted by Crippen LogP contribution is 2.44. The Morgan fingerprint density at radius 1 is 1.35 bits per heavy atom. The second-order valence-corrected chi connectivity index (χ2v) is 4.11. The number of Topliss-reactive ketones (excluding diaryl/α,β-unsaturated/α-hetero) is 1. The van der Waals surface area contributed by atoms with Gasteiger partial charge in [0.1, 0.15) is 5.78 Å². The van der Waals surface area contributed by atoms with E-state index >= 15 is 0 Å². The Morgan fingerprint density at radius 3 is 2.53 bits per heavy atom. The van der Waals surface area contributed by atoms with Crippen molar-refractivity contribution in [2.45, 2.75) is 19.3 Å². The van der Waals surface area contributed by atoms with Crippen molar-refractivity contribution in [2.24, 2.45) is 11.8 Å². The zero-order valence-corrected chi connectivity index (χ0v) is 8.98. The summed E-state index contributed by atoms with van der Waals surface area (Å²) >= 11 is 0. The van der Waals surface area contributed by atoms with E-state index in [1.165, 1.54) is 4.68 Å². The Kier molecular flexibility index (Phi) is 3.21. The van der Waals surface area contributed by atoms with Gasteiger partial charge in [0.2, 0.25) is 12.3 Å². The molecule has 1 N–H and O–H groups in total. The number of halogens is 2. The Labute approximate surface area is 96.6 Å². The molecule has 0 aromatic carbocycles. The predicted molar refractivity (Wildman–Crippen MR) is 56.0 cm³/mol. The second kappa shape index (κ2) is 4.65. The lowest BCUT2D eigenvalue weighted by Crippen LogP contribution is -2.24. The largest absolute Gasteiger partial charge is 0.299 e. The van der Waals surface area contributed by atoms with Crippen molar-refractivity contribution in [1.82, 2.24) is 4.68 Å². The van der Waals surface area contributed by atoms with Crippen LogP contribution in [0.3, 0.4) is 0 Å². The molecule has 6 heteroatoms. The fraction of sp³-hybridized carbons (Fsp3) is 0.455. The minimum absolute atomic E-state index is 0.202. The molecule has 1 aromatic heterocycles. The summed E-state index contributed by atoms with van der Waals surface area (Å²) in [5, 5.41) is 0. The zero-order chi connectivity index (χ0) is 12.4. The predicted octanol–water partition coefficient (Wildman–Crippen LogP) is 1.42. The number of hydrogen-bond donors (Lipinski definition) is 1. The van der Waals surface area contributed by atoms with Gasteiger partial charge in [0, 0.05) is 24.2 Å².